The van der Waals surface area contributed by atoms with Gasteiger partial charge in [0.25, 0.3) is 0 Å². The normalized spacial score (nSPS) is 8.35. The van der Waals surface area contributed by atoms with Gasteiger partial charge < -0.3 is 24.7 Å². The van der Waals surface area contributed by atoms with Gasteiger partial charge in [-0.25, -0.2) is 0 Å². The fourth-order valence-electron chi connectivity index (χ4n) is 0.671. The Kier molecular flexibility index (Phi) is 18.1. The molecule has 0 aromatic carbocycles. The van der Waals surface area contributed by atoms with E-state index in [9.17, 15) is 9.90 Å². The molecule has 0 aromatic heterocycles. The number of hydrogen-bond donors (Lipinski definition) is 0. The Morgan fingerprint density at radius 3 is 1.18 bits per heavy atom. The molecule has 0 fully saturated rings. The SMILES string of the molecule is C=C(C)C(=O)[O-].CC(=O)[O-].CCN(CC)CC. The molecule has 0 rings (SSSR count). The highest BCUT2D eigenvalue weighted by Gasteiger charge is 1.89. The minimum atomic E-state index is -1.19. The summed E-state index contributed by atoms with van der Waals surface area (Å²) in [4.78, 5) is 20.8. The van der Waals surface area contributed by atoms with Crippen LogP contribution in [0.2, 0.25) is 0 Å². The van der Waals surface area contributed by atoms with E-state index in [1.807, 2.05) is 0 Å². The quantitative estimate of drug-likeness (QED) is 0.619. The second-order valence-electron chi connectivity index (χ2n) is 3.18. The number of aliphatic carboxylic acids is 2. The lowest BCUT2D eigenvalue weighted by molar-refractivity contribution is -0.302. The minimum Gasteiger partial charge on any atom is -0.550 e. The van der Waals surface area contributed by atoms with Crippen molar-refractivity contribution in [3.05, 3.63) is 12.2 Å². The highest BCUT2D eigenvalue weighted by Crippen LogP contribution is 1.81. The van der Waals surface area contributed by atoms with Crippen molar-refractivity contribution in [3.8, 4) is 0 Å². The second-order valence-corrected chi connectivity index (χ2v) is 3.18. The van der Waals surface area contributed by atoms with E-state index in [2.05, 4.69) is 32.3 Å². The number of carbonyl (C=O) groups excluding carboxylic acids is 2. The van der Waals surface area contributed by atoms with Gasteiger partial charge in [-0.2, -0.15) is 0 Å². The van der Waals surface area contributed by atoms with Gasteiger partial charge in [0, 0.05) is 5.97 Å². The van der Waals surface area contributed by atoms with Crippen LogP contribution in [0.15, 0.2) is 12.2 Å². The first-order chi connectivity index (χ1) is 7.72. The molecule has 0 unspecified atom stereocenters. The average molecular weight is 245 g/mol. The number of carbonyl (C=O) groups is 2. The second kappa shape index (κ2) is 14.6. The van der Waals surface area contributed by atoms with E-state index in [1.54, 1.807) is 0 Å². The van der Waals surface area contributed by atoms with Crippen molar-refractivity contribution in [2.75, 3.05) is 19.6 Å². The molecular formula is C12H23NO4-2. The molecule has 0 aromatic rings. The number of hydrogen-bond acceptors (Lipinski definition) is 5. The largest absolute Gasteiger partial charge is 0.550 e. The predicted octanol–water partition coefficient (Wildman–Crippen LogP) is -0.583. The first-order valence-electron chi connectivity index (χ1n) is 5.49. The number of nitrogens with zero attached hydrogens (tertiary/aromatic N) is 1. The van der Waals surface area contributed by atoms with Crippen molar-refractivity contribution < 1.29 is 19.8 Å². The topological polar surface area (TPSA) is 83.5 Å². The Balaban J connectivity index is -0.000000180. The summed E-state index contributed by atoms with van der Waals surface area (Å²) < 4.78 is 0. The van der Waals surface area contributed by atoms with Crippen LogP contribution in [-0.2, 0) is 9.59 Å². The lowest BCUT2D eigenvalue weighted by atomic mass is 10.4. The van der Waals surface area contributed by atoms with Crippen LogP contribution in [-0.4, -0.2) is 36.5 Å². The zero-order chi connectivity index (χ0) is 14.4. The van der Waals surface area contributed by atoms with Crippen molar-refractivity contribution in [1.29, 1.82) is 0 Å². The van der Waals surface area contributed by atoms with Gasteiger partial charge in [0.1, 0.15) is 0 Å². The Morgan fingerprint density at radius 1 is 1.00 bits per heavy atom. The van der Waals surface area contributed by atoms with Crippen LogP contribution in [0, 0.1) is 0 Å². The highest BCUT2D eigenvalue weighted by atomic mass is 16.4. The fraction of sp³-hybridized carbons (Fsp3) is 0.667. The molecule has 0 N–H and O–H groups in total. The monoisotopic (exact) mass is 245 g/mol. The Bertz CT molecular complexity index is 201. The summed E-state index contributed by atoms with van der Waals surface area (Å²) in [6.07, 6.45) is 0. The molecule has 0 atom stereocenters. The first-order valence-corrected chi connectivity index (χ1v) is 5.49. The summed E-state index contributed by atoms with van der Waals surface area (Å²) in [5.41, 5.74) is 0.0648. The van der Waals surface area contributed by atoms with Gasteiger partial charge in [0.2, 0.25) is 0 Å². The smallest absolute Gasteiger partial charge is 0.0666 e. The highest BCUT2D eigenvalue weighted by molar-refractivity contribution is 5.82. The van der Waals surface area contributed by atoms with Crippen molar-refractivity contribution in [3.63, 3.8) is 0 Å². The molecule has 102 valence electrons. The van der Waals surface area contributed by atoms with E-state index in [-0.39, 0.29) is 5.57 Å². The van der Waals surface area contributed by atoms with E-state index in [1.165, 1.54) is 26.6 Å². The molecule has 0 radical (unpaired) electrons. The summed E-state index contributed by atoms with van der Waals surface area (Å²) in [7, 11) is 0. The summed E-state index contributed by atoms with van der Waals surface area (Å²) in [6.45, 7) is 15.6. The minimum absolute atomic E-state index is 0.0648. The first kappa shape index (κ1) is 21.0. The van der Waals surface area contributed by atoms with Gasteiger partial charge >= 0.3 is 0 Å². The van der Waals surface area contributed by atoms with E-state index in [4.69, 9.17) is 9.90 Å². The lowest BCUT2D eigenvalue weighted by Gasteiger charge is -2.13. The molecule has 17 heavy (non-hydrogen) atoms. The molecule has 5 nitrogen and oxygen atoms in total. The molecule has 0 bridgehead atoms. The van der Waals surface area contributed by atoms with E-state index in [0.29, 0.717) is 0 Å². The van der Waals surface area contributed by atoms with E-state index in [0.717, 1.165) is 6.92 Å². The maximum Gasteiger partial charge on any atom is 0.0666 e. The fourth-order valence-corrected chi connectivity index (χ4v) is 0.671. The van der Waals surface area contributed by atoms with Crippen LogP contribution in [0.5, 0.6) is 0 Å². The van der Waals surface area contributed by atoms with Crippen LogP contribution in [0.25, 0.3) is 0 Å². The van der Waals surface area contributed by atoms with Crippen molar-refractivity contribution in [2.24, 2.45) is 0 Å². The summed E-state index contributed by atoms with van der Waals surface area (Å²) in [5.74, 6) is -2.27. The lowest BCUT2D eigenvalue weighted by Crippen LogP contribution is -2.22. The van der Waals surface area contributed by atoms with Crippen molar-refractivity contribution in [1.82, 2.24) is 4.90 Å². The standard InChI is InChI=1S/C6H15N.C4H6O2.C2H4O2/c1-4-7(5-2)6-3;1-3(2)4(5)6;1-2(3)4/h4-6H2,1-3H3;1H2,2H3,(H,5,6);1H3,(H,3,4)/p-2. The third-order valence-corrected chi connectivity index (χ3v) is 1.69. The van der Waals surface area contributed by atoms with Gasteiger partial charge in [-0.05, 0) is 39.1 Å². The van der Waals surface area contributed by atoms with Gasteiger partial charge in [-0.3, -0.25) is 0 Å². The van der Waals surface area contributed by atoms with Gasteiger partial charge in [0.05, 0.1) is 5.97 Å². The Hall–Kier alpha value is -1.36. The molecule has 0 spiro atoms. The van der Waals surface area contributed by atoms with Crippen LogP contribution < -0.4 is 10.2 Å². The zero-order valence-corrected chi connectivity index (χ0v) is 11.4. The average Bonchev–Trinajstić information content (AvgIpc) is 2.20. The zero-order valence-electron chi connectivity index (χ0n) is 11.4. The number of rotatable bonds is 4. The molecule has 5 heteroatoms. The van der Waals surface area contributed by atoms with Crippen LogP contribution in [0.3, 0.4) is 0 Å². The summed E-state index contributed by atoms with van der Waals surface area (Å²) in [6, 6.07) is 0. The van der Waals surface area contributed by atoms with Crippen molar-refractivity contribution >= 4 is 11.9 Å². The molecule has 0 amide bonds. The van der Waals surface area contributed by atoms with E-state index < -0.39 is 11.9 Å². The molecule has 0 saturated carbocycles. The maximum absolute atomic E-state index is 9.49. The molecule has 0 aliphatic heterocycles. The third kappa shape index (κ3) is 31.3. The number of carboxylic acids is 2. The summed E-state index contributed by atoms with van der Waals surface area (Å²) in [5, 5.41) is 18.4. The maximum atomic E-state index is 9.49. The number of carboxylic acid groups (broad SMARTS) is 2. The van der Waals surface area contributed by atoms with Gasteiger partial charge in [0.15, 0.2) is 0 Å². The molecular weight excluding hydrogens is 222 g/mol. The third-order valence-electron chi connectivity index (χ3n) is 1.69. The molecule has 0 heterocycles. The molecule has 0 saturated heterocycles. The Labute approximate surface area is 104 Å². The molecule has 0 aliphatic carbocycles. The Morgan fingerprint density at radius 2 is 1.18 bits per heavy atom. The van der Waals surface area contributed by atoms with Crippen molar-refractivity contribution in [2.45, 2.75) is 34.6 Å². The van der Waals surface area contributed by atoms with Crippen LogP contribution >= 0.6 is 0 Å². The van der Waals surface area contributed by atoms with Crippen LogP contribution in [0.1, 0.15) is 34.6 Å². The predicted molar refractivity (Wildman–Crippen MR) is 64.0 cm³/mol. The van der Waals surface area contributed by atoms with Gasteiger partial charge in [-0.1, -0.05) is 27.4 Å². The van der Waals surface area contributed by atoms with E-state index >= 15 is 0 Å². The van der Waals surface area contributed by atoms with Crippen LogP contribution in [0.4, 0.5) is 0 Å². The van der Waals surface area contributed by atoms with Gasteiger partial charge in [-0.15, -0.1) is 0 Å². The summed E-state index contributed by atoms with van der Waals surface area (Å²) >= 11 is 0. The molecule has 0 aliphatic rings.